The van der Waals surface area contributed by atoms with Crippen molar-refractivity contribution in [1.29, 1.82) is 0 Å². The normalized spacial score (nSPS) is 15.6. The van der Waals surface area contributed by atoms with E-state index >= 15 is 0 Å². The highest BCUT2D eigenvalue weighted by Gasteiger charge is 2.22. The van der Waals surface area contributed by atoms with Gasteiger partial charge in [0, 0.05) is 20.1 Å². The molecule has 1 N–H and O–H groups in total. The number of halogens is 1. The van der Waals surface area contributed by atoms with E-state index in [1.54, 1.807) is 4.90 Å². The first-order chi connectivity index (χ1) is 9.00. The number of carboxylic acid groups (broad SMARTS) is 1. The van der Waals surface area contributed by atoms with Gasteiger partial charge in [-0.15, -0.1) is 0 Å². The third-order valence-electron chi connectivity index (χ3n) is 2.93. The number of ether oxygens (including phenoxy) is 1. The lowest BCUT2D eigenvalue weighted by Gasteiger charge is -2.28. The first-order valence-corrected chi connectivity index (χ1v) is 5.80. The van der Waals surface area contributed by atoms with Crippen LogP contribution in [-0.2, 0) is 23.0 Å². The largest absolute Gasteiger partial charge is 0.481 e. The third-order valence-corrected chi connectivity index (χ3v) is 2.93. The molecule has 7 nitrogen and oxygen atoms in total. The highest BCUT2D eigenvalue weighted by molar-refractivity contribution is 5.69. The van der Waals surface area contributed by atoms with Crippen LogP contribution in [0.3, 0.4) is 0 Å². The molecule has 0 unspecified atom stereocenters. The molecule has 1 saturated heterocycles. The topological polar surface area (TPSA) is 84.7 Å². The van der Waals surface area contributed by atoms with Crippen molar-refractivity contribution in [3.8, 4) is 0 Å². The van der Waals surface area contributed by atoms with Gasteiger partial charge in [0.1, 0.15) is 12.2 Å². The van der Waals surface area contributed by atoms with Crippen LogP contribution in [-0.4, -0.2) is 46.9 Å². The summed E-state index contributed by atoms with van der Waals surface area (Å²) in [6.07, 6.45) is -0.427. The molecule has 0 saturated carbocycles. The van der Waals surface area contributed by atoms with Crippen molar-refractivity contribution in [3.63, 3.8) is 0 Å². The summed E-state index contributed by atoms with van der Waals surface area (Å²) >= 11 is 0. The van der Waals surface area contributed by atoms with E-state index < -0.39 is 23.8 Å². The molecular formula is C11H14FN3O4. The fourth-order valence-corrected chi connectivity index (χ4v) is 1.88. The average Bonchev–Trinajstić information content (AvgIpc) is 2.40. The molecule has 2 rings (SSSR count). The number of nitrogens with zero attached hydrogens (tertiary/aromatic N) is 3. The second kappa shape index (κ2) is 5.35. The van der Waals surface area contributed by atoms with Crippen molar-refractivity contribution in [1.82, 2.24) is 9.55 Å². The monoisotopic (exact) mass is 271 g/mol. The van der Waals surface area contributed by atoms with Crippen LogP contribution in [0.2, 0.25) is 0 Å². The number of carbonyl (C=O) groups is 1. The Labute approximate surface area is 108 Å². The lowest BCUT2D eigenvalue weighted by atomic mass is 10.3. The summed E-state index contributed by atoms with van der Waals surface area (Å²) in [5, 5.41) is 8.77. The van der Waals surface area contributed by atoms with Crippen LogP contribution in [0.4, 0.5) is 10.2 Å². The van der Waals surface area contributed by atoms with Crippen LogP contribution < -0.4 is 10.5 Å². The molecule has 0 amide bonds. The van der Waals surface area contributed by atoms with Gasteiger partial charge >= 0.3 is 5.97 Å². The summed E-state index contributed by atoms with van der Waals surface area (Å²) in [5.41, 5.74) is -0.868. The standard InChI is InChI=1S/C11H14FN3O4/c1-14-7(6-8(16)17)13-10(9(12)11(14)18)15-2-4-19-5-3-15/h2-6H2,1H3,(H,16,17). The zero-order valence-electron chi connectivity index (χ0n) is 10.4. The average molecular weight is 271 g/mol. The van der Waals surface area contributed by atoms with Gasteiger partial charge in [0.2, 0.25) is 5.82 Å². The summed E-state index contributed by atoms with van der Waals surface area (Å²) in [6.45, 7) is 1.68. The molecule has 0 aromatic carbocycles. The van der Waals surface area contributed by atoms with Gasteiger partial charge in [0.25, 0.3) is 5.56 Å². The maximum atomic E-state index is 13.9. The molecule has 0 bridgehead atoms. The number of aromatic nitrogens is 2. The Balaban J connectivity index is 2.45. The second-order valence-corrected chi connectivity index (χ2v) is 4.20. The molecule has 104 valence electrons. The zero-order chi connectivity index (χ0) is 14.0. The quantitative estimate of drug-likeness (QED) is 0.789. The van der Waals surface area contributed by atoms with Gasteiger partial charge in [-0.05, 0) is 0 Å². The van der Waals surface area contributed by atoms with E-state index in [9.17, 15) is 14.0 Å². The minimum Gasteiger partial charge on any atom is -0.481 e. The number of anilines is 1. The minimum atomic E-state index is -1.12. The van der Waals surface area contributed by atoms with Crippen LogP contribution in [0.5, 0.6) is 0 Å². The maximum Gasteiger partial charge on any atom is 0.311 e. The van der Waals surface area contributed by atoms with Crippen LogP contribution in [0.15, 0.2) is 4.79 Å². The zero-order valence-corrected chi connectivity index (χ0v) is 10.4. The Kier molecular flexibility index (Phi) is 3.79. The molecule has 2 heterocycles. The first-order valence-electron chi connectivity index (χ1n) is 5.80. The summed E-state index contributed by atoms with van der Waals surface area (Å²) in [4.78, 5) is 28.0. The van der Waals surface area contributed by atoms with E-state index in [2.05, 4.69) is 4.98 Å². The van der Waals surface area contributed by atoms with Crippen LogP contribution in [0.25, 0.3) is 0 Å². The molecule has 8 heteroatoms. The van der Waals surface area contributed by atoms with Crippen molar-refractivity contribution in [3.05, 3.63) is 22.0 Å². The number of aliphatic carboxylic acids is 1. The molecule has 1 aliphatic heterocycles. The smallest absolute Gasteiger partial charge is 0.311 e. The van der Waals surface area contributed by atoms with Crippen molar-refractivity contribution >= 4 is 11.8 Å². The molecule has 0 radical (unpaired) electrons. The Morgan fingerprint density at radius 2 is 2.11 bits per heavy atom. The molecule has 1 aromatic heterocycles. The molecule has 0 atom stereocenters. The van der Waals surface area contributed by atoms with Gasteiger partial charge < -0.3 is 14.7 Å². The summed E-state index contributed by atoms with van der Waals surface area (Å²) in [5.74, 6) is -2.15. The van der Waals surface area contributed by atoms with Gasteiger partial charge in [-0.2, -0.15) is 4.39 Å². The molecule has 0 spiro atoms. The van der Waals surface area contributed by atoms with E-state index in [0.717, 1.165) is 4.57 Å². The highest BCUT2D eigenvalue weighted by atomic mass is 19.1. The maximum absolute atomic E-state index is 13.9. The van der Waals surface area contributed by atoms with E-state index in [-0.39, 0.29) is 11.6 Å². The predicted octanol–water partition coefficient (Wildman–Crippen LogP) is -0.617. The molecule has 1 aromatic rings. The molecule has 0 aliphatic carbocycles. The number of hydrogen-bond acceptors (Lipinski definition) is 5. The van der Waals surface area contributed by atoms with E-state index in [1.807, 2.05) is 0 Å². The van der Waals surface area contributed by atoms with Crippen molar-refractivity contribution in [2.75, 3.05) is 31.2 Å². The minimum absolute atomic E-state index is 0.0281. The van der Waals surface area contributed by atoms with Crippen LogP contribution >= 0.6 is 0 Å². The number of carboxylic acids is 1. The Hall–Kier alpha value is -1.96. The van der Waals surface area contributed by atoms with Gasteiger partial charge in [-0.1, -0.05) is 0 Å². The van der Waals surface area contributed by atoms with E-state index in [1.165, 1.54) is 7.05 Å². The number of hydrogen-bond donors (Lipinski definition) is 1. The lowest BCUT2D eigenvalue weighted by molar-refractivity contribution is -0.136. The number of rotatable bonds is 3. The first kappa shape index (κ1) is 13.5. The Bertz CT molecular complexity index is 552. The molecule has 1 aliphatic rings. The van der Waals surface area contributed by atoms with Crippen molar-refractivity contribution in [2.24, 2.45) is 7.05 Å². The van der Waals surface area contributed by atoms with Crippen LogP contribution in [0, 0.1) is 5.82 Å². The van der Waals surface area contributed by atoms with Gasteiger partial charge in [0.05, 0.1) is 13.2 Å². The molecule has 19 heavy (non-hydrogen) atoms. The summed E-state index contributed by atoms with van der Waals surface area (Å²) in [7, 11) is 1.31. The summed E-state index contributed by atoms with van der Waals surface area (Å²) < 4.78 is 20.0. The highest BCUT2D eigenvalue weighted by Crippen LogP contribution is 2.15. The molecular weight excluding hydrogens is 257 g/mol. The van der Waals surface area contributed by atoms with Crippen molar-refractivity contribution in [2.45, 2.75) is 6.42 Å². The van der Waals surface area contributed by atoms with Gasteiger partial charge in [-0.3, -0.25) is 14.2 Å². The van der Waals surface area contributed by atoms with Crippen LogP contribution in [0.1, 0.15) is 5.82 Å². The fraction of sp³-hybridized carbons (Fsp3) is 0.545. The molecule has 1 fully saturated rings. The number of morpholine rings is 1. The van der Waals surface area contributed by atoms with E-state index in [4.69, 9.17) is 9.84 Å². The van der Waals surface area contributed by atoms with E-state index in [0.29, 0.717) is 26.3 Å². The summed E-state index contributed by atoms with van der Waals surface area (Å²) in [6, 6.07) is 0. The van der Waals surface area contributed by atoms with Gasteiger partial charge in [0.15, 0.2) is 5.82 Å². The van der Waals surface area contributed by atoms with Gasteiger partial charge in [-0.25, -0.2) is 4.98 Å². The Morgan fingerprint density at radius 3 is 2.68 bits per heavy atom. The Morgan fingerprint density at radius 1 is 1.47 bits per heavy atom. The predicted molar refractivity (Wildman–Crippen MR) is 63.8 cm³/mol. The third kappa shape index (κ3) is 2.73. The second-order valence-electron chi connectivity index (χ2n) is 4.20. The lowest BCUT2D eigenvalue weighted by Crippen LogP contribution is -2.40. The van der Waals surface area contributed by atoms with Crippen molar-refractivity contribution < 1.29 is 19.0 Å². The SMILES string of the molecule is Cn1c(CC(=O)O)nc(N2CCOCC2)c(F)c1=O. The fourth-order valence-electron chi connectivity index (χ4n) is 1.88.